The van der Waals surface area contributed by atoms with Gasteiger partial charge in [-0.2, -0.15) is 0 Å². The first-order chi connectivity index (χ1) is 7.02. The summed E-state index contributed by atoms with van der Waals surface area (Å²) in [6.45, 7) is 8.62. The molecule has 0 aromatic carbocycles. The van der Waals surface area contributed by atoms with E-state index in [1.165, 1.54) is 0 Å². The van der Waals surface area contributed by atoms with Gasteiger partial charge >= 0.3 is 0 Å². The van der Waals surface area contributed by atoms with E-state index in [2.05, 4.69) is 10.6 Å². The van der Waals surface area contributed by atoms with Gasteiger partial charge in [-0.3, -0.25) is 9.59 Å². The molecule has 0 rings (SSSR count). The van der Waals surface area contributed by atoms with E-state index in [0.717, 1.165) is 0 Å². The summed E-state index contributed by atoms with van der Waals surface area (Å²) in [5.41, 5.74) is -1.44. The molecule has 0 bridgehead atoms. The highest BCUT2D eigenvalue weighted by Gasteiger charge is 2.21. The van der Waals surface area contributed by atoms with E-state index >= 15 is 0 Å². The van der Waals surface area contributed by atoms with Crippen LogP contribution < -0.4 is 10.6 Å². The average Bonchev–Trinajstić information content (AvgIpc) is 2.08. The molecule has 0 heterocycles. The number of amides is 2. The van der Waals surface area contributed by atoms with Crippen molar-refractivity contribution in [1.29, 1.82) is 0 Å². The lowest BCUT2D eigenvalue weighted by Crippen LogP contribution is -2.45. The number of carbonyl (C=O) groups excluding carboxylic acids is 2. The van der Waals surface area contributed by atoms with Crippen molar-refractivity contribution < 1.29 is 14.7 Å². The predicted octanol–water partition coefficient (Wildman–Crippen LogP) is 0.0358. The maximum absolute atomic E-state index is 11.4. The van der Waals surface area contributed by atoms with Crippen molar-refractivity contribution in [2.45, 2.75) is 40.2 Å². The smallest absolute Gasteiger partial charge is 0.239 e. The van der Waals surface area contributed by atoms with Crippen molar-refractivity contribution in [2.75, 3.05) is 13.1 Å². The monoisotopic (exact) mass is 230 g/mol. The first-order valence-electron chi connectivity index (χ1n) is 5.30. The molecule has 16 heavy (non-hydrogen) atoms. The molecule has 0 aliphatic rings. The maximum atomic E-state index is 11.4. The van der Waals surface area contributed by atoms with Gasteiger partial charge in [-0.1, -0.05) is 20.8 Å². The SMILES string of the molecule is CC(C)(O)CNC(=O)CNC(=O)C(C)(C)C. The van der Waals surface area contributed by atoms with Crippen LogP contribution in [0.25, 0.3) is 0 Å². The van der Waals surface area contributed by atoms with Gasteiger partial charge in [-0.05, 0) is 13.8 Å². The van der Waals surface area contributed by atoms with Crippen LogP contribution in [0.4, 0.5) is 0 Å². The summed E-state index contributed by atoms with van der Waals surface area (Å²) in [5.74, 6) is -0.481. The molecular weight excluding hydrogens is 208 g/mol. The molecule has 94 valence electrons. The Kier molecular flexibility index (Phi) is 4.93. The van der Waals surface area contributed by atoms with Crippen LogP contribution in [0.2, 0.25) is 0 Å². The molecule has 0 aliphatic heterocycles. The van der Waals surface area contributed by atoms with Gasteiger partial charge < -0.3 is 15.7 Å². The van der Waals surface area contributed by atoms with Crippen LogP contribution in [0.1, 0.15) is 34.6 Å². The Morgan fingerprint density at radius 2 is 1.56 bits per heavy atom. The number of hydrogen-bond acceptors (Lipinski definition) is 3. The summed E-state index contributed by atoms with van der Waals surface area (Å²) >= 11 is 0. The molecule has 0 aromatic rings. The van der Waals surface area contributed by atoms with Gasteiger partial charge in [0.25, 0.3) is 0 Å². The Hall–Kier alpha value is -1.10. The summed E-state index contributed by atoms with van der Waals surface area (Å²) in [5, 5.41) is 14.4. The third kappa shape index (κ3) is 7.23. The van der Waals surface area contributed by atoms with Crippen molar-refractivity contribution >= 4 is 11.8 Å². The highest BCUT2D eigenvalue weighted by Crippen LogP contribution is 2.11. The summed E-state index contributed by atoms with van der Waals surface area (Å²) in [7, 11) is 0. The van der Waals surface area contributed by atoms with E-state index in [1.54, 1.807) is 34.6 Å². The summed E-state index contributed by atoms with van der Waals surface area (Å²) in [4.78, 5) is 22.7. The zero-order chi connectivity index (χ0) is 13.0. The van der Waals surface area contributed by atoms with E-state index in [9.17, 15) is 14.7 Å². The van der Waals surface area contributed by atoms with Gasteiger partial charge in [-0.25, -0.2) is 0 Å². The van der Waals surface area contributed by atoms with Crippen LogP contribution in [-0.4, -0.2) is 35.6 Å². The average molecular weight is 230 g/mol. The van der Waals surface area contributed by atoms with E-state index in [1.807, 2.05) is 0 Å². The normalized spacial score (nSPS) is 12.1. The first-order valence-corrected chi connectivity index (χ1v) is 5.30. The number of carbonyl (C=O) groups is 2. The Bertz CT molecular complexity index is 261. The van der Waals surface area contributed by atoms with E-state index in [0.29, 0.717) is 0 Å². The topological polar surface area (TPSA) is 78.4 Å². The standard InChI is InChI=1S/C11H22N2O3/c1-10(2,3)9(15)12-6-8(14)13-7-11(4,5)16/h16H,6-7H2,1-5H3,(H,12,15)(H,13,14). The van der Waals surface area contributed by atoms with E-state index in [4.69, 9.17) is 0 Å². The van der Waals surface area contributed by atoms with Crippen molar-refractivity contribution in [1.82, 2.24) is 10.6 Å². The van der Waals surface area contributed by atoms with Crippen LogP contribution in [0.15, 0.2) is 0 Å². The first kappa shape index (κ1) is 14.9. The number of rotatable bonds is 4. The molecular formula is C11H22N2O3. The van der Waals surface area contributed by atoms with Crippen molar-refractivity contribution in [3.63, 3.8) is 0 Å². The van der Waals surface area contributed by atoms with Crippen molar-refractivity contribution in [3.8, 4) is 0 Å². The third-order valence-corrected chi connectivity index (χ3v) is 1.81. The maximum Gasteiger partial charge on any atom is 0.239 e. The zero-order valence-corrected chi connectivity index (χ0v) is 10.7. The quantitative estimate of drug-likeness (QED) is 0.638. The lowest BCUT2D eigenvalue weighted by Gasteiger charge is -2.19. The second-order valence-electron chi connectivity index (χ2n) is 5.52. The van der Waals surface area contributed by atoms with Crippen LogP contribution >= 0.6 is 0 Å². The lowest BCUT2D eigenvalue weighted by atomic mass is 9.96. The van der Waals surface area contributed by atoms with Gasteiger partial charge in [0.15, 0.2) is 0 Å². The Labute approximate surface area is 96.6 Å². The summed E-state index contributed by atoms with van der Waals surface area (Å²) in [6, 6.07) is 0. The molecule has 0 unspecified atom stereocenters. The number of nitrogens with one attached hydrogen (secondary N) is 2. The highest BCUT2D eigenvalue weighted by molar-refractivity contribution is 5.87. The molecule has 0 saturated carbocycles. The largest absolute Gasteiger partial charge is 0.389 e. The Morgan fingerprint density at radius 3 is 1.94 bits per heavy atom. The minimum Gasteiger partial charge on any atom is -0.389 e. The minimum absolute atomic E-state index is 0.0633. The third-order valence-electron chi connectivity index (χ3n) is 1.81. The van der Waals surface area contributed by atoms with Gasteiger partial charge in [-0.15, -0.1) is 0 Å². The summed E-state index contributed by atoms with van der Waals surface area (Å²) in [6.07, 6.45) is 0. The molecule has 0 radical (unpaired) electrons. The molecule has 0 fully saturated rings. The highest BCUT2D eigenvalue weighted by atomic mass is 16.3. The second-order valence-corrected chi connectivity index (χ2v) is 5.52. The van der Waals surface area contributed by atoms with Crippen molar-refractivity contribution in [3.05, 3.63) is 0 Å². The molecule has 5 nitrogen and oxygen atoms in total. The lowest BCUT2D eigenvalue weighted by molar-refractivity contribution is -0.131. The van der Waals surface area contributed by atoms with E-state index < -0.39 is 11.0 Å². The molecule has 2 amide bonds. The number of aliphatic hydroxyl groups is 1. The fourth-order valence-electron chi connectivity index (χ4n) is 0.803. The Morgan fingerprint density at radius 1 is 1.06 bits per heavy atom. The Balaban J connectivity index is 3.88. The predicted molar refractivity (Wildman–Crippen MR) is 61.8 cm³/mol. The van der Waals surface area contributed by atoms with Crippen LogP contribution in [0.3, 0.4) is 0 Å². The van der Waals surface area contributed by atoms with Gasteiger partial charge in [0, 0.05) is 12.0 Å². The second kappa shape index (κ2) is 5.30. The van der Waals surface area contributed by atoms with Crippen LogP contribution in [0.5, 0.6) is 0 Å². The molecule has 0 spiro atoms. The number of hydrogen-bond donors (Lipinski definition) is 3. The van der Waals surface area contributed by atoms with Crippen LogP contribution in [0, 0.1) is 5.41 Å². The minimum atomic E-state index is -0.941. The molecule has 5 heteroatoms. The van der Waals surface area contributed by atoms with Crippen molar-refractivity contribution in [2.24, 2.45) is 5.41 Å². The molecule has 0 aromatic heterocycles. The van der Waals surface area contributed by atoms with Crippen LogP contribution in [-0.2, 0) is 9.59 Å². The van der Waals surface area contributed by atoms with Gasteiger partial charge in [0.2, 0.25) is 11.8 Å². The van der Waals surface area contributed by atoms with Gasteiger partial charge in [0.1, 0.15) is 0 Å². The molecule has 0 saturated heterocycles. The van der Waals surface area contributed by atoms with Gasteiger partial charge in [0.05, 0.1) is 12.1 Å². The molecule has 0 aliphatic carbocycles. The van der Waals surface area contributed by atoms with E-state index in [-0.39, 0.29) is 24.9 Å². The molecule has 0 atom stereocenters. The fraction of sp³-hybridized carbons (Fsp3) is 0.818. The summed E-state index contributed by atoms with van der Waals surface area (Å²) < 4.78 is 0. The zero-order valence-electron chi connectivity index (χ0n) is 10.7. The molecule has 3 N–H and O–H groups in total. The fourth-order valence-corrected chi connectivity index (χ4v) is 0.803.